The van der Waals surface area contributed by atoms with Crippen LogP contribution < -0.4 is 20.3 Å². The fraction of sp³-hybridized carbons (Fsp3) is 0.211. The molecule has 0 saturated heterocycles. The lowest BCUT2D eigenvalue weighted by atomic mass is 10.2. The molecule has 1 amide bonds. The van der Waals surface area contributed by atoms with Crippen molar-refractivity contribution < 1.29 is 18.7 Å². The van der Waals surface area contributed by atoms with E-state index in [1.54, 1.807) is 12.1 Å². The summed E-state index contributed by atoms with van der Waals surface area (Å²) in [6.45, 7) is 1.07. The minimum atomic E-state index is -0.526. The number of carbonyl (C=O) groups excluding carboxylic acids is 1. The van der Waals surface area contributed by atoms with Gasteiger partial charge in [-0.05, 0) is 35.9 Å². The number of benzene rings is 2. The summed E-state index contributed by atoms with van der Waals surface area (Å²) in [6.07, 6.45) is 1.28. The Hall–Kier alpha value is -3.42. The Morgan fingerprint density at radius 1 is 1.15 bits per heavy atom. The number of nitrogens with zero attached hydrogens (tertiary/aromatic N) is 2. The molecule has 1 aromatic heterocycles. The number of ether oxygens (including phenoxy) is 2. The first-order valence-corrected chi connectivity index (χ1v) is 8.40. The maximum absolute atomic E-state index is 13.4. The van der Waals surface area contributed by atoms with Crippen LogP contribution in [-0.4, -0.2) is 28.7 Å². The molecule has 0 saturated carbocycles. The van der Waals surface area contributed by atoms with E-state index in [4.69, 9.17) is 9.47 Å². The first-order chi connectivity index (χ1) is 13.1. The van der Waals surface area contributed by atoms with Gasteiger partial charge in [-0.25, -0.2) is 9.37 Å². The lowest BCUT2D eigenvalue weighted by molar-refractivity contribution is -0.121. The van der Waals surface area contributed by atoms with Crippen molar-refractivity contribution in [1.82, 2.24) is 14.9 Å². The Balaban J connectivity index is 1.44. The number of fused-ring (bicyclic) bond motifs is 2. The van der Waals surface area contributed by atoms with E-state index in [1.807, 2.05) is 6.07 Å². The molecule has 138 valence electrons. The number of carbonyl (C=O) groups is 1. The van der Waals surface area contributed by atoms with Crippen LogP contribution in [0.2, 0.25) is 0 Å². The Labute approximate surface area is 153 Å². The topological polar surface area (TPSA) is 82.5 Å². The molecule has 3 aromatic rings. The van der Waals surface area contributed by atoms with E-state index in [0.29, 0.717) is 30.2 Å². The van der Waals surface area contributed by atoms with Crippen molar-refractivity contribution in [2.45, 2.75) is 13.1 Å². The van der Waals surface area contributed by atoms with E-state index in [2.05, 4.69) is 10.3 Å². The third-order valence-electron chi connectivity index (χ3n) is 4.20. The van der Waals surface area contributed by atoms with Crippen LogP contribution in [0.25, 0.3) is 10.9 Å². The average Bonchev–Trinajstić information content (AvgIpc) is 2.69. The standard InChI is InChI=1S/C19H16FN3O4/c20-13-2-3-15-14(8-13)19(25)23(11-22-15)10-18(24)21-9-12-1-4-16-17(7-12)27-6-5-26-16/h1-4,7-8,11H,5-6,9-10H2,(H,21,24). The molecular formula is C19H16FN3O4. The van der Waals surface area contributed by atoms with Gasteiger partial charge in [0.15, 0.2) is 11.5 Å². The highest BCUT2D eigenvalue weighted by Gasteiger charge is 2.13. The summed E-state index contributed by atoms with van der Waals surface area (Å²) < 4.78 is 25.5. The number of rotatable bonds is 4. The van der Waals surface area contributed by atoms with Crippen LogP contribution in [0.15, 0.2) is 47.5 Å². The van der Waals surface area contributed by atoms with Gasteiger partial charge in [0.2, 0.25) is 5.91 Å². The summed E-state index contributed by atoms with van der Waals surface area (Å²) >= 11 is 0. The summed E-state index contributed by atoms with van der Waals surface area (Å²) in [5, 5.41) is 2.88. The summed E-state index contributed by atoms with van der Waals surface area (Å²) in [6, 6.07) is 9.22. The van der Waals surface area contributed by atoms with Crippen molar-refractivity contribution in [3.05, 3.63) is 64.5 Å². The molecule has 2 heterocycles. The van der Waals surface area contributed by atoms with E-state index in [-0.39, 0.29) is 24.4 Å². The van der Waals surface area contributed by atoms with Gasteiger partial charge in [-0.2, -0.15) is 0 Å². The van der Waals surface area contributed by atoms with Gasteiger partial charge in [-0.1, -0.05) is 6.07 Å². The molecule has 0 atom stereocenters. The van der Waals surface area contributed by atoms with Crippen molar-refractivity contribution in [2.75, 3.05) is 13.2 Å². The molecule has 7 nitrogen and oxygen atoms in total. The highest BCUT2D eigenvalue weighted by atomic mass is 19.1. The van der Waals surface area contributed by atoms with E-state index in [9.17, 15) is 14.0 Å². The fourth-order valence-corrected chi connectivity index (χ4v) is 2.85. The Kier molecular flexibility index (Phi) is 4.45. The first kappa shape index (κ1) is 17.0. The van der Waals surface area contributed by atoms with E-state index >= 15 is 0 Å². The molecule has 2 aromatic carbocycles. The SMILES string of the molecule is O=C(Cn1cnc2ccc(F)cc2c1=O)NCc1ccc2c(c1)OCCO2. The van der Waals surface area contributed by atoms with Gasteiger partial charge < -0.3 is 14.8 Å². The predicted molar refractivity (Wildman–Crippen MR) is 95.2 cm³/mol. The Bertz CT molecular complexity index is 1080. The molecule has 1 N–H and O–H groups in total. The van der Waals surface area contributed by atoms with Crippen LogP contribution in [0.5, 0.6) is 11.5 Å². The maximum atomic E-state index is 13.4. The number of hydrogen-bond donors (Lipinski definition) is 1. The lowest BCUT2D eigenvalue weighted by Crippen LogP contribution is -2.32. The summed E-state index contributed by atoms with van der Waals surface area (Å²) in [4.78, 5) is 28.7. The molecule has 0 unspecified atom stereocenters. The molecule has 0 fully saturated rings. The minimum absolute atomic E-state index is 0.136. The minimum Gasteiger partial charge on any atom is -0.486 e. The van der Waals surface area contributed by atoms with Crippen molar-refractivity contribution in [3.63, 3.8) is 0 Å². The zero-order valence-corrected chi connectivity index (χ0v) is 14.3. The molecule has 0 spiro atoms. The third kappa shape index (κ3) is 3.59. The zero-order chi connectivity index (χ0) is 18.8. The molecule has 1 aliphatic heterocycles. The van der Waals surface area contributed by atoms with E-state index in [0.717, 1.165) is 16.2 Å². The van der Waals surface area contributed by atoms with Crippen LogP contribution in [0.3, 0.4) is 0 Å². The van der Waals surface area contributed by atoms with Gasteiger partial charge in [0.25, 0.3) is 5.56 Å². The number of amides is 1. The Morgan fingerprint density at radius 3 is 2.81 bits per heavy atom. The number of hydrogen-bond acceptors (Lipinski definition) is 5. The van der Waals surface area contributed by atoms with Crippen LogP contribution in [-0.2, 0) is 17.9 Å². The van der Waals surface area contributed by atoms with Crippen LogP contribution in [0, 0.1) is 5.82 Å². The molecule has 27 heavy (non-hydrogen) atoms. The highest BCUT2D eigenvalue weighted by Crippen LogP contribution is 2.30. The largest absolute Gasteiger partial charge is 0.486 e. The molecule has 0 bridgehead atoms. The van der Waals surface area contributed by atoms with Gasteiger partial charge in [-0.15, -0.1) is 0 Å². The van der Waals surface area contributed by atoms with Crippen molar-refractivity contribution in [2.24, 2.45) is 0 Å². The fourth-order valence-electron chi connectivity index (χ4n) is 2.85. The number of halogens is 1. The van der Waals surface area contributed by atoms with Crippen molar-refractivity contribution in [1.29, 1.82) is 0 Å². The molecule has 4 rings (SSSR count). The van der Waals surface area contributed by atoms with Gasteiger partial charge in [0.05, 0.1) is 17.2 Å². The van der Waals surface area contributed by atoms with Crippen LogP contribution in [0.1, 0.15) is 5.56 Å². The van der Waals surface area contributed by atoms with Crippen molar-refractivity contribution >= 4 is 16.8 Å². The second-order valence-electron chi connectivity index (χ2n) is 6.09. The van der Waals surface area contributed by atoms with Gasteiger partial charge in [0.1, 0.15) is 25.6 Å². The van der Waals surface area contributed by atoms with Crippen LogP contribution in [0.4, 0.5) is 4.39 Å². The van der Waals surface area contributed by atoms with E-state index in [1.165, 1.54) is 18.5 Å². The van der Waals surface area contributed by atoms with Gasteiger partial charge >= 0.3 is 0 Å². The average molecular weight is 369 g/mol. The van der Waals surface area contributed by atoms with Gasteiger partial charge in [-0.3, -0.25) is 14.2 Å². The smallest absolute Gasteiger partial charge is 0.261 e. The second kappa shape index (κ2) is 7.06. The maximum Gasteiger partial charge on any atom is 0.261 e. The molecule has 0 aliphatic carbocycles. The van der Waals surface area contributed by atoms with Crippen molar-refractivity contribution in [3.8, 4) is 11.5 Å². The summed E-state index contributed by atoms with van der Waals surface area (Å²) in [5.41, 5.74) is 0.766. The van der Waals surface area contributed by atoms with E-state index < -0.39 is 11.4 Å². The number of nitrogens with one attached hydrogen (secondary N) is 1. The second-order valence-corrected chi connectivity index (χ2v) is 6.09. The summed E-state index contributed by atoms with van der Waals surface area (Å²) in [7, 11) is 0. The monoisotopic (exact) mass is 369 g/mol. The van der Waals surface area contributed by atoms with Crippen LogP contribution >= 0.6 is 0 Å². The number of aromatic nitrogens is 2. The molecule has 0 radical (unpaired) electrons. The molecule has 8 heteroatoms. The zero-order valence-electron chi connectivity index (χ0n) is 14.3. The molecule has 1 aliphatic rings. The predicted octanol–water partition coefficient (Wildman–Crippen LogP) is 1.62. The highest BCUT2D eigenvalue weighted by molar-refractivity contribution is 5.79. The lowest BCUT2D eigenvalue weighted by Gasteiger charge is -2.19. The normalized spacial score (nSPS) is 12.8. The quantitative estimate of drug-likeness (QED) is 0.756. The summed E-state index contributed by atoms with van der Waals surface area (Å²) in [5.74, 6) is 0.439. The first-order valence-electron chi connectivity index (χ1n) is 8.40. The van der Waals surface area contributed by atoms with Gasteiger partial charge in [0, 0.05) is 6.54 Å². The molecular weight excluding hydrogens is 353 g/mol. The Morgan fingerprint density at radius 2 is 1.96 bits per heavy atom. The third-order valence-corrected chi connectivity index (χ3v) is 4.20.